The van der Waals surface area contributed by atoms with Gasteiger partial charge in [0, 0.05) is 31.2 Å². The molecule has 2 heterocycles. The van der Waals surface area contributed by atoms with E-state index in [9.17, 15) is 4.79 Å². The lowest BCUT2D eigenvalue weighted by Gasteiger charge is -2.32. The molecule has 0 bridgehead atoms. The quantitative estimate of drug-likeness (QED) is 0.932. The molecule has 0 aliphatic carbocycles. The van der Waals surface area contributed by atoms with Gasteiger partial charge in [-0.15, -0.1) is 0 Å². The number of methoxy groups -OCH3 is 1. The number of likely N-dealkylation sites (tertiary alicyclic amines) is 1. The molecule has 1 saturated heterocycles. The van der Waals surface area contributed by atoms with Crippen LogP contribution in [0.3, 0.4) is 0 Å². The Morgan fingerprint density at radius 3 is 2.64 bits per heavy atom. The molecule has 0 spiro atoms. The number of urea groups is 1. The first-order chi connectivity index (χ1) is 12.2. The molecule has 3 rings (SSSR count). The minimum Gasteiger partial charge on any atom is -0.495 e. The van der Waals surface area contributed by atoms with E-state index in [1.54, 1.807) is 18.2 Å². The number of aromatic nitrogens is 1. The Kier molecular flexibility index (Phi) is 5.14. The zero-order valence-electron chi connectivity index (χ0n) is 14.1. The van der Waals surface area contributed by atoms with Crippen molar-refractivity contribution in [2.24, 2.45) is 0 Å². The molecule has 2 amide bonds. The molecule has 1 fully saturated rings. The maximum atomic E-state index is 12.5. The van der Waals surface area contributed by atoms with Crippen LogP contribution >= 0.6 is 0 Å². The van der Waals surface area contributed by atoms with Crippen LogP contribution in [0.1, 0.15) is 29.9 Å². The van der Waals surface area contributed by atoms with E-state index in [2.05, 4.69) is 16.4 Å². The molecule has 6 nitrogen and oxygen atoms in total. The molecular formula is C19H20N4O2. The summed E-state index contributed by atoms with van der Waals surface area (Å²) < 4.78 is 5.12. The number of nitrogens with one attached hydrogen (secondary N) is 1. The van der Waals surface area contributed by atoms with Crippen LogP contribution in [0.15, 0.2) is 42.7 Å². The second-order valence-electron chi connectivity index (χ2n) is 6.00. The fraction of sp³-hybridized carbons (Fsp3) is 0.316. The molecule has 2 aromatic rings. The first kappa shape index (κ1) is 16.8. The van der Waals surface area contributed by atoms with Crippen LogP contribution in [0.4, 0.5) is 10.5 Å². The van der Waals surface area contributed by atoms with Crippen molar-refractivity contribution in [2.75, 3.05) is 25.5 Å². The number of piperidine rings is 1. The molecule has 1 aromatic carbocycles. The number of hydrogen-bond donors (Lipinski definition) is 1. The van der Waals surface area contributed by atoms with Gasteiger partial charge in [-0.2, -0.15) is 5.26 Å². The van der Waals surface area contributed by atoms with Crippen molar-refractivity contribution in [1.82, 2.24) is 9.88 Å². The third-order valence-electron chi connectivity index (χ3n) is 4.53. The summed E-state index contributed by atoms with van der Waals surface area (Å²) in [6, 6.07) is 11.1. The summed E-state index contributed by atoms with van der Waals surface area (Å²) in [5.41, 5.74) is 2.28. The van der Waals surface area contributed by atoms with Gasteiger partial charge in [0.15, 0.2) is 0 Å². The van der Waals surface area contributed by atoms with Gasteiger partial charge in [-0.05, 0) is 54.7 Å². The predicted octanol–water partition coefficient (Wildman–Crippen LogP) is 3.37. The van der Waals surface area contributed by atoms with E-state index >= 15 is 0 Å². The van der Waals surface area contributed by atoms with Gasteiger partial charge in [0.1, 0.15) is 11.8 Å². The van der Waals surface area contributed by atoms with E-state index < -0.39 is 0 Å². The molecule has 0 atom stereocenters. The summed E-state index contributed by atoms with van der Waals surface area (Å²) >= 11 is 0. The number of carbonyl (C=O) groups excluding carboxylic acids is 1. The fourth-order valence-corrected chi connectivity index (χ4v) is 3.13. The summed E-state index contributed by atoms with van der Waals surface area (Å²) in [6.45, 7) is 1.42. The number of benzene rings is 1. The molecule has 1 aromatic heterocycles. The fourth-order valence-electron chi connectivity index (χ4n) is 3.13. The van der Waals surface area contributed by atoms with Crippen LogP contribution in [-0.2, 0) is 0 Å². The van der Waals surface area contributed by atoms with Crippen molar-refractivity contribution in [3.8, 4) is 11.8 Å². The summed E-state index contributed by atoms with van der Waals surface area (Å²) in [5.74, 6) is 0.969. The first-order valence-corrected chi connectivity index (χ1v) is 8.25. The average molecular weight is 336 g/mol. The number of carbonyl (C=O) groups is 1. The highest BCUT2D eigenvalue weighted by molar-refractivity contribution is 5.89. The number of anilines is 1. The van der Waals surface area contributed by atoms with Crippen LogP contribution in [-0.4, -0.2) is 36.1 Å². The number of pyridine rings is 1. The molecule has 0 unspecified atom stereocenters. The predicted molar refractivity (Wildman–Crippen MR) is 94.5 cm³/mol. The summed E-state index contributed by atoms with van der Waals surface area (Å²) in [6.07, 6.45) is 5.49. The van der Waals surface area contributed by atoms with Crippen molar-refractivity contribution < 1.29 is 9.53 Å². The van der Waals surface area contributed by atoms with Crippen molar-refractivity contribution in [3.63, 3.8) is 0 Å². The lowest BCUT2D eigenvalue weighted by Crippen LogP contribution is -2.40. The van der Waals surface area contributed by atoms with E-state index in [0.29, 0.717) is 36.0 Å². The number of rotatable bonds is 3. The SMILES string of the molecule is COc1ccc(NC(=O)N2CCC(c3ccncc3)CC2)cc1C#N. The Morgan fingerprint density at radius 1 is 1.28 bits per heavy atom. The van der Waals surface area contributed by atoms with E-state index in [4.69, 9.17) is 10.00 Å². The monoisotopic (exact) mass is 336 g/mol. The zero-order chi connectivity index (χ0) is 17.6. The maximum absolute atomic E-state index is 12.5. The van der Waals surface area contributed by atoms with Gasteiger partial charge in [-0.3, -0.25) is 4.98 Å². The van der Waals surface area contributed by atoms with E-state index in [1.807, 2.05) is 29.4 Å². The van der Waals surface area contributed by atoms with Crippen molar-refractivity contribution in [3.05, 3.63) is 53.9 Å². The Bertz CT molecular complexity index is 778. The zero-order valence-corrected chi connectivity index (χ0v) is 14.1. The van der Waals surface area contributed by atoms with Crippen molar-refractivity contribution in [1.29, 1.82) is 5.26 Å². The minimum absolute atomic E-state index is 0.137. The second-order valence-corrected chi connectivity index (χ2v) is 6.00. The minimum atomic E-state index is -0.137. The van der Waals surface area contributed by atoms with E-state index in [0.717, 1.165) is 12.8 Å². The number of nitriles is 1. The summed E-state index contributed by atoms with van der Waals surface area (Å²) in [7, 11) is 1.52. The third kappa shape index (κ3) is 3.89. The first-order valence-electron chi connectivity index (χ1n) is 8.25. The van der Waals surface area contributed by atoms with Gasteiger partial charge in [-0.25, -0.2) is 4.79 Å². The molecule has 0 saturated carbocycles. The molecular weight excluding hydrogens is 316 g/mol. The van der Waals surface area contributed by atoms with Crippen LogP contribution in [0.25, 0.3) is 0 Å². The standard InChI is InChI=1S/C19H20N4O2/c1-25-18-3-2-17(12-16(18)13-20)22-19(24)23-10-6-15(7-11-23)14-4-8-21-9-5-14/h2-5,8-9,12,15H,6-7,10-11H2,1H3,(H,22,24). The second kappa shape index (κ2) is 7.67. The van der Waals surface area contributed by atoms with E-state index in [-0.39, 0.29) is 6.03 Å². The summed E-state index contributed by atoms with van der Waals surface area (Å²) in [4.78, 5) is 18.3. The molecule has 25 heavy (non-hydrogen) atoms. The Labute approximate surface area is 147 Å². The molecule has 6 heteroatoms. The van der Waals surface area contributed by atoms with Crippen LogP contribution in [0, 0.1) is 11.3 Å². The molecule has 1 aliphatic heterocycles. The van der Waals surface area contributed by atoms with Crippen LogP contribution in [0.2, 0.25) is 0 Å². The highest BCUT2D eigenvalue weighted by Gasteiger charge is 2.24. The lowest BCUT2D eigenvalue weighted by molar-refractivity contribution is 0.194. The molecule has 1 aliphatic rings. The number of nitrogens with zero attached hydrogens (tertiary/aromatic N) is 3. The van der Waals surface area contributed by atoms with Crippen molar-refractivity contribution in [2.45, 2.75) is 18.8 Å². The topological polar surface area (TPSA) is 78.2 Å². The normalized spacial score (nSPS) is 14.6. The Hall–Kier alpha value is -3.07. The van der Waals surface area contributed by atoms with Gasteiger partial charge in [0.25, 0.3) is 0 Å². The van der Waals surface area contributed by atoms with Gasteiger partial charge in [-0.1, -0.05) is 0 Å². The maximum Gasteiger partial charge on any atom is 0.321 e. The summed E-state index contributed by atoms with van der Waals surface area (Å²) in [5, 5.41) is 12.0. The van der Waals surface area contributed by atoms with Crippen LogP contribution < -0.4 is 10.1 Å². The molecule has 1 N–H and O–H groups in total. The van der Waals surface area contributed by atoms with Gasteiger partial charge >= 0.3 is 6.03 Å². The number of amides is 2. The van der Waals surface area contributed by atoms with Crippen LogP contribution in [0.5, 0.6) is 5.75 Å². The van der Waals surface area contributed by atoms with Gasteiger partial charge in [0.2, 0.25) is 0 Å². The molecule has 0 radical (unpaired) electrons. The van der Waals surface area contributed by atoms with Crippen molar-refractivity contribution >= 4 is 11.7 Å². The van der Waals surface area contributed by atoms with E-state index in [1.165, 1.54) is 12.7 Å². The van der Waals surface area contributed by atoms with Gasteiger partial charge in [0.05, 0.1) is 12.7 Å². The Balaban J connectivity index is 1.59. The lowest BCUT2D eigenvalue weighted by atomic mass is 9.90. The smallest absolute Gasteiger partial charge is 0.321 e. The average Bonchev–Trinajstić information content (AvgIpc) is 2.68. The number of ether oxygens (including phenoxy) is 1. The Morgan fingerprint density at radius 2 is 2.00 bits per heavy atom. The number of hydrogen-bond acceptors (Lipinski definition) is 4. The largest absolute Gasteiger partial charge is 0.495 e. The highest BCUT2D eigenvalue weighted by Crippen LogP contribution is 2.28. The van der Waals surface area contributed by atoms with Gasteiger partial charge < -0.3 is 15.0 Å². The third-order valence-corrected chi connectivity index (χ3v) is 4.53. The highest BCUT2D eigenvalue weighted by atomic mass is 16.5. The molecule has 128 valence electrons.